The number of benzene rings is 1. The molecule has 1 fully saturated rings. The van der Waals surface area contributed by atoms with Gasteiger partial charge in [-0.1, -0.05) is 18.2 Å². The van der Waals surface area contributed by atoms with Crippen molar-refractivity contribution >= 4 is 44.5 Å². The van der Waals surface area contributed by atoms with Gasteiger partial charge in [0, 0.05) is 25.2 Å². The van der Waals surface area contributed by atoms with E-state index in [1.165, 1.54) is 16.4 Å². The molecule has 0 aromatic heterocycles. The van der Waals surface area contributed by atoms with Crippen LogP contribution in [0.3, 0.4) is 0 Å². The van der Waals surface area contributed by atoms with Gasteiger partial charge in [0.1, 0.15) is 5.25 Å². The van der Waals surface area contributed by atoms with E-state index in [2.05, 4.69) is 10.3 Å². The lowest BCUT2D eigenvalue weighted by atomic mass is 10.2. The van der Waals surface area contributed by atoms with Crippen LogP contribution in [-0.4, -0.2) is 48.0 Å². The number of amidine groups is 1. The molecule has 1 atom stereocenters. The molecule has 8 nitrogen and oxygen atoms in total. The number of rotatable bonds is 5. The molecule has 0 aliphatic carbocycles. The summed E-state index contributed by atoms with van der Waals surface area (Å²) in [5.41, 5.74) is 5.93. The Hall–Kier alpha value is -1.91. The minimum Gasteiger partial charge on any atom is -0.378 e. The quantitative estimate of drug-likeness (QED) is 0.770. The van der Waals surface area contributed by atoms with Gasteiger partial charge >= 0.3 is 0 Å². The van der Waals surface area contributed by atoms with Crippen LogP contribution in [0.4, 0.5) is 5.69 Å². The van der Waals surface area contributed by atoms with Crippen LogP contribution in [0.25, 0.3) is 0 Å². The van der Waals surface area contributed by atoms with Crippen molar-refractivity contribution < 1.29 is 18.0 Å². The third kappa shape index (κ3) is 4.25. The summed E-state index contributed by atoms with van der Waals surface area (Å²) in [4.78, 5) is 27.4. The molecule has 26 heavy (non-hydrogen) atoms. The number of carbonyl (C=O) groups excluding carboxylic acids is 2. The van der Waals surface area contributed by atoms with Crippen LogP contribution in [0.1, 0.15) is 25.7 Å². The molecular weight excluding hydrogens is 376 g/mol. The van der Waals surface area contributed by atoms with E-state index in [-0.39, 0.29) is 22.4 Å². The van der Waals surface area contributed by atoms with Crippen LogP contribution in [0, 0.1) is 0 Å². The van der Waals surface area contributed by atoms with Gasteiger partial charge in [-0.2, -0.15) is 9.30 Å². The lowest BCUT2D eigenvalue weighted by Crippen LogP contribution is -2.35. The molecule has 1 aromatic carbocycles. The van der Waals surface area contributed by atoms with Crippen molar-refractivity contribution in [1.29, 1.82) is 0 Å². The van der Waals surface area contributed by atoms with Crippen molar-refractivity contribution in [3.05, 3.63) is 24.3 Å². The second kappa shape index (κ2) is 7.77. The number of piperidine rings is 1. The van der Waals surface area contributed by atoms with E-state index in [0.29, 0.717) is 18.8 Å². The number of amides is 2. The second-order valence-electron chi connectivity index (χ2n) is 6.14. The number of nitrogens with two attached hydrogens (primary N) is 1. The maximum absolute atomic E-state index is 12.6. The zero-order valence-electron chi connectivity index (χ0n) is 14.1. The first-order chi connectivity index (χ1) is 12.4. The van der Waals surface area contributed by atoms with Gasteiger partial charge in [0.05, 0.1) is 4.90 Å². The first-order valence-electron chi connectivity index (χ1n) is 8.31. The Morgan fingerprint density at radius 1 is 1.23 bits per heavy atom. The Bertz CT molecular complexity index is 830. The van der Waals surface area contributed by atoms with Crippen LogP contribution in [-0.2, 0) is 19.6 Å². The summed E-state index contributed by atoms with van der Waals surface area (Å²) in [6, 6.07) is 6.05. The van der Waals surface area contributed by atoms with Gasteiger partial charge in [-0.15, -0.1) is 0 Å². The topological polar surface area (TPSA) is 122 Å². The van der Waals surface area contributed by atoms with E-state index in [4.69, 9.17) is 5.73 Å². The molecule has 3 rings (SSSR count). The first-order valence-corrected chi connectivity index (χ1v) is 10.6. The van der Waals surface area contributed by atoms with Gasteiger partial charge in [-0.3, -0.25) is 9.59 Å². The highest BCUT2D eigenvalue weighted by Gasteiger charge is 2.29. The summed E-state index contributed by atoms with van der Waals surface area (Å²) in [6.45, 7) is 1.08. The summed E-state index contributed by atoms with van der Waals surface area (Å²) >= 11 is 1.07. The molecule has 140 valence electrons. The minimum atomic E-state index is -3.50. The Balaban J connectivity index is 1.61. The maximum Gasteiger partial charge on any atom is 0.262 e. The fourth-order valence-electron chi connectivity index (χ4n) is 2.88. The van der Waals surface area contributed by atoms with E-state index in [1.807, 2.05) is 0 Å². The lowest BCUT2D eigenvalue weighted by molar-refractivity contribution is -0.121. The molecule has 2 amide bonds. The Kier molecular flexibility index (Phi) is 5.64. The van der Waals surface area contributed by atoms with Crippen LogP contribution in [0.2, 0.25) is 0 Å². The predicted molar refractivity (Wildman–Crippen MR) is 100 cm³/mol. The summed E-state index contributed by atoms with van der Waals surface area (Å²) in [5.74, 6) is -0.766. The number of anilines is 1. The predicted octanol–water partition coefficient (Wildman–Crippen LogP) is 1.15. The zero-order chi connectivity index (χ0) is 18.7. The molecule has 1 saturated heterocycles. The highest BCUT2D eigenvalue weighted by molar-refractivity contribution is 8.15. The first kappa shape index (κ1) is 18.9. The lowest BCUT2D eigenvalue weighted by Gasteiger charge is -2.25. The number of thioether (sulfide) groups is 1. The summed E-state index contributed by atoms with van der Waals surface area (Å²) in [7, 11) is -3.50. The Morgan fingerprint density at radius 2 is 1.88 bits per heavy atom. The van der Waals surface area contributed by atoms with Crippen molar-refractivity contribution in [3.63, 3.8) is 0 Å². The minimum absolute atomic E-state index is 0.0402. The zero-order valence-corrected chi connectivity index (χ0v) is 15.7. The van der Waals surface area contributed by atoms with Crippen molar-refractivity contribution in [2.75, 3.05) is 18.4 Å². The highest BCUT2D eigenvalue weighted by atomic mass is 32.2. The number of sulfonamides is 1. The van der Waals surface area contributed by atoms with E-state index in [9.17, 15) is 18.0 Å². The fraction of sp³-hybridized carbons (Fsp3) is 0.438. The SMILES string of the molecule is NC1=NC(=O)C(CC(=O)Nc2ccc(S(=O)(=O)N3CCCCC3)cc2)S1. The molecule has 1 unspecified atom stereocenters. The van der Waals surface area contributed by atoms with Gasteiger partial charge < -0.3 is 11.1 Å². The average Bonchev–Trinajstić information content (AvgIpc) is 2.93. The van der Waals surface area contributed by atoms with E-state index in [1.54, 1.807) is 12.1 Å². The summed E-state index contributed by atoms with van der Waals surface area (Å²) < 4.78 is 26.7. The number of nitrogens with zero attached hydrogens (tertiary/aromatic N) is 2. The van der Waals surface area contributed by atoms with E-state index in [0.717, 1.165) is 31.0 Å². The monoisotopic (exact) mass is 396 g/mol. The van der Waals surface area contributed by atoms with Crippen LogP contribution >= 0.6 is 11.8 Å². The number of nitrogens with one attached hydrogen (secondary N) is 1. The second-order valence-corrected chi connectivity index (χ2v) is 9.30. The van der Waals surface area contributed by atoms with Crippen molar-refractivity contribution in [2.45, 2.75) is 35.8 Å². The van der Waals surface area contributed by atoms with E-state index >= 15 is 0 Å². The Labute approximate surface area is 156 Å². The molecule has 2 aliphatic rings. The molecule has 1 aromatic rings. The molecule has 2 heterocycles. The number of hydrogen-bond acceptors (Lipinski definition) is 6. The molecule has 10 heteroatoms. The fourth-order valence-corrected chi connectivity index (χ4v) is 5.22. The maximum atomic E-state index is 12.6. The Morgan fingerprint density at radius 3 is 2.46 bits per heavy atom. The smallest absolute Gasteiger partial charge is 0.262 e. The normalized spacial score (nSPS) is 21.5. The third-order valence-corrected chi connectivity index (χ3v) is 7.12. The van der Waals surface area contributed by atoms with Gasteiger partial charge in [0.15, 0.2) is 5.17 Å². The number of carbonyl (C=O) groups is 2. The van der Waals surface area contributed by atoms with Crippen molar-refractivity contribution in [2.24, 2.45) is 10.7 Å². The molecule has 2 aliphatic heterocycles. The molecule has 0 radical (unpaired) electrons. The number of hydrogen-bond donors (Lipinski definition) is 2. The van der Waals surface area contributed by atoms with Gasteiger partial charge in [0.25, 0.3) is 5.91 Å². The molecule has 0 spiro atoms. The highest BCUT2D eigenvalue weighted by Crippen LogP contribution is 2.24. The average molecular weight is 396 g/mol. The summed E-state index contributed by atoms with van der Waals surface area (Å²) in [5, 5.41) is 2.22. The van der Waals surface area contributed by atoms with Crippen molar-refractivity contribution in [1.82, 2.24) is 4.31 Å². The van der Waals surface area contributed by atoms with Crippen LogP contribution < -0.4 is 11.1 Å². The number of aliphatic imine (C=N–C) groups is 1. The molecule has 0 bridgehead atoms. The van der Waals surface area contributed by atoms with Gasteiger partial charge in [-0.05, 0) is 37.1 Å². The molecule has 3 N–H and O–H groups in total. The van der Waals surface area contributed by atoms with Gasteiger partial charge in [0.2, 0.25) is 15.9 Å². The van der Waals surface area contributed by atoms with Gasteiger partial charge in [-0.25, -0.2) is 8.42 Å². The van der Waals surface area contributed by atoms with E-state index < -0.39 is 21.2 Å². The van der Waals surface area contributed by atoms with Crippen molar-refractivity contribution in [3.8, 4) is 0 Å². The molecule has 0 saturated carbocycles. The van der Waals surface area contributed by atoms with Crippen LogP contribution in [0.5, 0.6) is 0 Å². The standard InChI is InChI=1S/C16H20N4O4S2/c17-16-19-15(22)13(25-16)10-14(21)18-11-4-6-12(7-5-11)26(23,24)20-8-2-1-3-9-20/h4-7,13H,1-3,8-10H2,(H,18,21)(H2,17,19,22). The van der Waals surface area contributed by atoms with Crippen LogP contribution in [0.15, 0.2) is 34.2 Å². The largest absolute Gasteiger partial charge is 0.378 e. The summed E-state index contributed by atoms with van der Waals surface area (Å²) in [6.07, 6.45) is 2.76. The third-order valence-electron chi connectivity index (χ3n) is 4.22. The molecular formula is C16H20N4O4S2.